The zero-order valence-electron chi connectivity index (χ0n) is 12.0. The number of amides is 2. The van der Waals surface area contributed by atoms with E-state index in [4.69, 9.17) is 11.6 Å². The Morgan fingerprint density at radius 3 is 2.81 bits per heavy atom. The maximum atomic E-state index is 13.8. The van der Waals surface area contributed by atoms with Gasteiger partial charge in [0.15, 0.2) is 0 Å². The van der Waals surface area contributed by atoms with Crippen LogP contribution in [0, 0.1) is 11.7 Å². The standard InChI is InChI=1S/C15H18ClFN2O2/c1-9(2)14-15(21)19(6-5-13(20)18-14)8-10-7-11(16)3-4-12(10)17/h3-4,7,9,14H,5-6,8H2,1-2H3,(H,18,20). The highest BCUT2D eigenvalue weighted by molar-refractivity contribution is 6.30. The molecule has 1 aliphatic heterocycles. The minimum Gasteiger partial charge on any atom is -0.344 e. The zero-order valence-corrected chi connectivity index (χ0v) is 12.8. The van der Waals surface area contributed by atoms with Crippen LogP contribution in [0.3, 0.4) is 0 Å². The van der Waals surface area contributed by atoms with Gasteiger partial charge in [-0.15, -0.1) is 0 Å². The number of benzene rings is 1. The summed E-state index contributed by atoms with van der Waals surface area (Å²) in [6.07, 6.45) is 0.219. The maximum Gasteiger partial charge on any atom is 0.245 e. The molecule has 0 saturated carbocycles. The Kier molecular flexibility index (Phi) is 4.83. The molecule has 1 fully saturated rings. The summed E-state index contributed by atoms with van der Waals surface area (Å²) >= 11 is 5.87. The van der Waals surface area contributed by atoms with Crippen LogP contribution in [0.5, 0.6) is 0 Å². The molecule has 0 bridgehead atoms. The molecule has 0 aromatic heterocycles. The normalized spacial score (nSPS) is 19.7. The molecule has 4 nitrogen and oxygen atoms in total. The number of carbonyl (C=O) groups is 2. The van der Waals surface area contributed by atoms with Crippen molar-refractivity contribution in [2.45, 2.75) is 32.9 Å². The van der Waals surface area contributed by atoms with Gasteiger partial charge >= 0.3 is 0 Å². The number of hydrogen-bond donors (Lipinski definition) is 1. The van der Waals surface area contributed by atoms with Crippen molar-refractivity contribution in [3.8, 4) is 0 Å². The van der Waals surface area contributed by atoms with E-state index in [9.17, 15) is 14.0 Å². The summed E-state index contributed by atoms with van der Waals surface area (Å²) in [6.45, 7) is 4.13. The van der Waals surface area contributed by atoms with E-state index in [1.165, 1.54) is 23.1 Å². The minimum absolute atomic E-state index is 0.0220. The van der Waals surface area contributed by atoms with E-state index < -0.39 is 11.9 Å². The van der Waals surface area contributed by atoms with Crippen molar-refractivity contribution in [3.05, 3.63) is 34.6 Å². The Labute approximate surface area is 128 Å². The van der Waals surface area contributed by atoms with E-state index in [1.807, 2.05) is 13.8 Å². The summed E-state index contributed by atoms with van der Waals surface area (Å²) in [5.41, 5.74) is 0.354. The first-order chi connectivity index (χ1) is 9.88. The van der Waals surface area contributed by atoms with Crippen LogP contribution in [0.15, 0.2) is 18.2 Å². The molecule has 114 valence electrons. The fourth-order valence-electron chi connectivity index (χ4n) is 2.33. The highest BCUT2D eigenvalue weighted by atomic mass is 35.5. The van der Waals surface area contributed by atoms with Crippen LogP contribution in [-0.4, -0.2) is 29.3 Å². The van der Waals surface area contributed by atoms with Crippen molar-refractivity contribution in [1.29, 1.82) is 0 Å². The van der Waals surface area contributed by atoms with Crippen molar-refractivity contribution >= 4 is 23.4 Å². The van der Waals surface area contributed by atoms with Crippen molar-refractivity contribution in [2.24, 2.45) is 5.92 Å². The molecule has 1 heterocycles. The van der Waals surface area contributed by atoms with Gasteiger partial charge in [-0.05, 0) is 24.1 Å². The van der Waals surface area contributed by atoms with E-state index in [1.54, 1.807) is 0 Å². The van der Waals surface area contributed by atoms with E-state index in [-0.39, 0.29) is 37.2 Å². The third-order valence-corrected chi connectivity index (χ3v) is 3.77. The number of nitrogens with one attached hydrogen (secondary N) is 1. The molecular formula is C15H18ClFN2O2. The first kappa shape index (κ1) is 15.8. The Morgan fingerprint density at radius 2 is 2.14 bits per heavy atom. The predicted molar refractivity (Wildman–Crippen MR) is 78.2 cm³/mol. The summed E-state index contributed by atoms with van der Waals surface area (Å²) in [7, 11) is 0. The molecule has 0 aliphatic carbocycles. The van der Waals surface area contributed by atoms with Gasteiger partial charge in [-0.1, -0.05) is 25.4 Å². The summed E-state index contributed by atoms with van der Waals surface area (Å²) < 4.78 is 13.8. The molecule has 0 spiro atoms. The molecule has 6 heteroatoms. The summed E-state index contributed by atoms with van der Waals surface area (Å²) in [6, 6.07) is 3.69. The van der Waals surface area contributed by atoms with E-state index in [0.717, 1.165) is 0 Å². The summed E-state index contributed by atoms with van der Waals surface area (Å²) in [5.74, 6) is -0.769. The lowest BCUT2D eigenvalue weighted by molar-refractivity contribution is -0.135. The van der Waals surface area contributed by atoms with Crippen molar-refractivity contribution < 1.29 is 14.0 Å². The zero-order chi connectivity index (χ0) is 15.6. The van der Waals surface area contributed by atoms with Gasteiger partial charge in [-0.25, -0.2) is 4.39 Å². The van der Waals surface area contributed by atoms with Gasteiger partial charge in [0.1, 0.15) is 11.9 Å². The smallest absolute Gasteiger partial charge is 0.245 e. The molecule has 1 aliphatic rings. The van der Waals surface area contributed by atoms with Gasteiger partial charge in [-0.2, -0.15) is 0 Å². The average molecular weight is 313 g/mol. The lowest BCUT2D eigenvalue weighted by atomic mass is 10.0. The molecule has 1 unspecified atom stereocenters. The predicted octanol–water partition coefficient (Wildman–Crippen LogP) is 2.35. The van der Waals surface area contributed by atoms with E-state index in [0.29, 0.717) is 10.6 Å². The highest BCUT2D eigenvalue weighted by Gasteiger charge is 2.32. The van der Waals surface area contributed by atoms with Crippen molar-refractivity contribution in [3.63, 3.8) is 0 Å². The van der Waals surface area contributed by atoms with Crippen LogP contribution in [0.1, 0.15) is 25.8 Å². The molecule has 1 N–H and O–H groups in total. The number of carbonyl (C=O) groups excluding carboxylic acids is 2. The second-order valence-corrected chi connectivity index (χ2v) is 5.97. The van der Waals surface area contributed by atoms with Crippen LogP contribution < -0.4 is 5.32 Å². The summed E-state index contributed by atoms with van der Waals surface area (Å²) in [4.78, 5) is 25.7. The van der Waals surface area contributed by atoms with Gasteiger partial charge in [0, 0.05) is 30.1 Å². The average Bonchev–Trinajstić information content (AvgIpc) is 2.56. The number of nitrogens with zero attached hydrogens (tertiary/aromatic N) is 1. The van der Waals surface area contributed by atoms with Crippen LogP contribution >= 0.6 is 11.6 Å². The van der Waals surface area contributed by atoms with Gasteiger partial charge in [-0.3, -0.25) is 9.59 Å². The molecule has 1 aromatic carbocycles. The maximum absolute atomic E-state index is 13.8. The van der Waals surface area contributed by atoms with Crippen molar-refractivity contribution in [1.82, 2.24) is 10.2 Å². The Balaban J connectivity index is 2.23. The van der Waals surface area contributed by atoms with Gasteiger partial charge in [0.25, 0.3) is 0 Å². The Bertz CT molecular complexity index is 563. The van der Waals surface area contributed by atoms with Crippen LogP contribution in [0.2, 0.25) is 5.02 Å². The molecule has 2 rings (SSSR count). The quantitative estimate of drug-likeness (QED) is 0.931. The molecule has 21 heavy (non-hydrogen) atoms. The van der Waals surface area contributed by atoms with Gasteiger partial charge in [0.2, 0.25) is 11.8 Å². The minimum atomic E-state index is -0.567. The first-order valence-electron chi connectivity index (χ1n) is 6.90. The Morgan fingerprint density at radius 1 is 1.43 bits per heavy atom. The van der Waals surface area contributed by atoms with Gasteiger partial charge in [0.05, 0.1) is 0 Å². The molecule has 1 atom stereocenters. The topological polar surface area (TPSA) is 49.4 Å². The molecule has 1 saturated heterocycles. The van der Waals surface area contributed by atoms with Crippen LogP contribution in [0.25, 0.3) is 0 Å². The van der Waals surface area contributed by atoms with Crippen LogP contribution in [-0.2, 0) is 16.1 Å². The number of hydrogen-bond acceptors (Lipinski definition) is 2. The Hall–Kier alpha value is -1.62. The molecule has 0 radical (unpaired) electrons. The lowest BCUT2D eigenvalue weighted by Gasteiger charge is -2.26. The largest absolute Gasteiger partial charge is 0.344 e. The highest BCUT2D eigenvalue weighted by Crippen LogP contribution is 2.19. The fraction of sp³-hybridized carbons (Fsp3) is 0.467. The lowest BCUT2D eigenvalue weighted by Crippen LogP contribution is -2.47. The molecular weight excluding hydrogens is 295 g/mol. The fourth-order valence-corrected chi connectivity index (χ4v) is 2.52. The van der Waals surface area contributed by atoms with Gasteiger partial charge < -0.3 is 10.2 Å². The van der Waals surface area contributed by atoms with E-state index in [2.05, 4.69) is 5.32 Å². The molecule has 2 amide bonds. The van der Waals surface area contributed by atoms with E-state index >= 15 is 0 Å². The SMILES string of the molecule is CC(C)C1NC(=O)CCN(Cc2cc(Cl)ccc2F)C1=O. The third-order valence-electron chi connectivity index (χ3n) is 3.54. The van der Waals surface area contributed by atoms with Crippen molar-refractivity contribution in [2.75, 3.05) is 6.54 Å². The third kappa shape index (κ3) is 3.73. The van der Waals surface area contributed by atoms with Crippen LogP contribution in [0.4, 0.5) is 4.39 Å². The second-order valence-electron chi connectivity index (χ2n) is 5.53. The number of halogens is 2. The first-order valence-corrected chi connectivity index (χ1v) is 7.28. The summed E-state index contributed by atoms with van der Waals surface area (Å²) in [5, 5.41) is 3.14. The molecule has 1 aromatic rings. The number of rotatable bonds is 3. The second kappa shape index (κ2) is 6.43. The monoisotopic (exact) mass is 312 g/mol.